The van der Waals surface area contributed by atoms with Crippen molar-refractivity contribution < 1.29 is 4.79 Å². The van der Waals surface area contributed by atoms with E-state index in [2.05, 4.69) is 15.2 Å². The normalized spacial score (nSPS) is 13.6. The highest BCUT2D eigenvalue weighted by Gasteiger charge is 2.19. The Balaban J connectivity index is 1.70. The standard InChI is InChI=1S/C21H19ClN4O/c22-16-9-6-10-17(13-16)23-21(27)18-14-19(26-11-4-5-12-26)25-20(24-18)15-7-2-1-3-8-15/h1-3,6-10,13-14H,4-5,11-12H2,(H,23,27). The Hall–Kier alpha value is -2.92. The maximum Gasteiger partial charge on any atom is 0.274 e. The average molecular weight is 379 g/mol. The molecular formula is C21H19ClN4O. The van der Waals surface area contributed by atoms with Crippen molar-refractivity contribution in [2.75, 3.05) is 23.3 Å². The van der Waals surface area contributed by atoms with Gasteiger partial charge >= 0.3 is 0 Å². The maximum atomic E-state index is 12.8. The number of aromatic nitrogens is 2. The van der Waals surface area contributed by atoms with Gasteiger partial charge in [-0.2, -0.15) is 0 Å². The Kier molecular flexibility index (Phi) is 5.03. The molecule has 0 saturated carbocycles. The molecule has 0 atom stereocenters. The summed E-state index contributed by atoms with van der Waals surface area (Å²) >= 11 is 6.01. The number of hydrogen-bond acceptors (Lipinski definition) is 4. The van der Waals surface area contributed by atoms with Gasteiger partial charge in [-0.3, -0.25) is 4.79 Å². The Morgan fingerprint density at radius 2 is 1.74 bits per heavy atom. The summed E-state index contributed by atoms with van der Waals surface area (Å²) in [5.74, 6) is 1.06. The Morgan fingerprint density at radius 1 is 0.963 bits per heavy atom. The number of carbonyl (C=O) groups excluding carboxylic acids is 1. The SMILES string of the molecule is O=C(Nc1cccc(Cl)c1)c1cc(N2CCCC2)nc(-c2ccccc2)n1. The van der Waals surface area contributed by atoms with Gasteiger partial charge in [0.05, 0.1) is 0 Å². The van der Waals surface area contributed by atoms with Crippen molar-refractivity contribution in [1.82, 2.24) is 9.97 Å². The zero-order valence-electron chi connectivity index (χ0n) is 14.7. The molecular weight excluding hydrogens is 360 g/mol. The molecule has 5 nitrogen and oxygen atoms in total. The first kappa shape index (κ1) is 17.5. The summed E-state index contributed by atoms with van der Waals surface area (Å²) in [5.41, 5.74) is 1.86. The lowest BCUT2D eigenvalue weighted by Crippen LogP contribution is -2.22. The molecule has 1 aliphatic rings. The van der Waals surface area contributed by atoms with Gasteiger partial charge in [0.25, 0.3) is 5.91 Å². The summed E-state index contributed by atoms with van der Waals surface area (Å²) in [6.45, 7) is 1.89. The molecule has 4 rings (SSSR count). The molecule has 27 heavy (non-hydrogen) atoms. The van der Waals surface area contributed by atoms with E-state index in [9.17, 15) is 4.79 Å². The predicted octanol–water partition coefficient (Wildman–Crippen LogP) is 4.65. The topological polar surface area (TPSA) is 58.1 Å². The van der Waals surface area contributed by atoms with Gasteiger partial charge in [-0.15, -0.1) is 0 Å². The Labute approximate surface area is 163 Å². The summed E-state index contributed by atoms with van der Waals surface area (Å²) in [5, 5.41) is 3.43. The highest BCUT2D eigenvalue weighted by Crippen LogP contribution is 2.24. The number of rotatable bonds is 4. The summed E-state index contributed by atoms with van der Waals surface area (Å²) in [4.78, 5) is 24.2. The fraction of sp³-hybridized carbons (Fsp3) is 0.190. The van der Waals surface area contributed by atoms with Crippen molar-refractivity contribution in [2.45, 2.75) is 12.8 Å². The van der Waals surface area contributed by atoms with Crippen LogP contribution in [0, 0.1) is 0 Å². The lowest BCUT2D eigenvalue weighted by molar-refractivity contribution is 0.102. The third kappa shape index (κ3) is 4.09. The van der Waals surface area contributed by atoms with E-state index in [4.69, 9.17) is 16.6 Å². The van der Waals surface area contributed by atoms with Crippen molar-refractivity contribution in [3.63, 3.8) is 0 Å². The minimum absolute atomic E-state index is 0.280. The zero-order valence-corrected chi connectivity index (χ0v) is 15.5. The Morgan fingerprint density at radius 3 is 2.48 bits per heavy atom. The van der Waals surface area contributed by atoms with Crippen LogP contribution in [0.3, 0.4) is 0 Å². The molecule has 3 aromatic rings. The fourth-order valence-corrected chi connectivity index (χ4v) is 3.33. The predicted molar refractivity (Wildman–Crippen MR) is 108 cm³/mol. The third-order valence-corrected chi connectivity index (χ3v) is 4.72. The van der Waals surface area contributed by atoms with E-state index < -0.39 is 0 Å². The number of nitrogens with one attached hydrogen (secondary N) is 1. The van der Waals surface area contributed by atoms with Crippen LogP contribution in [0.5, 0.6) is 0 Å². The summed E-state index contributed by atoms with van der Waals surface area (Å²) < 4.78 is 0. The molecule has 0 unspecified atom stereocenters. The van der Waals surface area contributed by atoms with Crippen molar-refractivity contribution in [2.24, 2.45) is 0 Å². The van der Waals surface area contributed by atoms with E-state index in [1.165, 1.54) is 0 Å². The second-order valence-electron chi connectivity index (χ2n) is 6.46. The highest BCUT2D eigenvalue weighted by atomic mass is 35.5. The number of amides is 1. The zero-order chi connectivity index (χ0) is 18.6. The number of benzene rings is 2. The average Bonchev–Trinajstić information content (AvgIpc) is 3.23. The molecule has 0 bridgehead atoms. The molecule has 1 aliphatic heterocycles. The fourth-order valence-electron chi connectivity index (χ4n) is 3.14. The number of hydrogen-bond donors (Lipinski definition) is 1. The number of carbonyl (C=O) groups is 1. The van der Waals surface area contributed by atoms with E-state index in [0.29, 0.717) is 22.2 Å². The molecule has 1 aromatic heterocycles. The molecule has 0 aliphatic carbocycles. The number of nitrogens with zero attached hydrogens (tertiary/aromatic N) is 3. The quantitative estimate of drug-likeness (QED) is 0.718. The van der Waals surface area contributed by atoms with E-state index in [1.807, 2.05) is 30.3 Å². The van der Waals surface area contributed by atoms with Gasteiger partial charge in [-0.25, -0.2) is 9.97 Å². The van der Waals surface area contributed by atoms with Crippen LogP contribution < -0.4 is 10.2 Å². The van der Waals surface area contributed by atoms with Crippen molar-refractivity contribution in [3.8, 4) is 11.4 Å². The lowest BCUT2D eigenvalue weighted by atomic mass is 10.2. The van der Waals surface area contributed by atoms with Gasteiger partial charge in [0.1, 0.15) is 11.5 Å². The second kappa shape index (κ2) is 7.76. The monoisotopic (exact) mass is 378 g/mol. The largest absolute Gasteiger partial charge is 0.356 e. The minimum Gasteiger partial charge on any atom is -0.356 e. The van der Waals surface area contributed by atoms with Crippen LogP contribution in [0.15, 0.2) is 60.7 Å². The van der Waals surface area contributed by atoms with E-state index >= 15 is 0 Å². The first-order chi connectivity index (χ1) is 13.2. The van der Waals surface area contributed by atoms with Crippen LogP contribution >= 0.6 is 11.6 Å². The third-order valence-electron chi connectivity index (χ3n) is 4.49. The lowest BCUT2D eigenvalue weighted by Gasteiger charge is -2.18. The van der Waals surface area contributed by atoms with E-state index in [0.717, 1.165) is 37.3 Å². The van der Waals surface area contributed by atoms with Gasteiger partial charge in [-0.05, 0) is 31.0 Å². The molecule has 2 heterocycles. The van der Waals surface area contributed by atoms with Crippen molar-refractivity contribution in [3.05, 3.63) is 71.4 Å². The number of anilines is 2. The molecule has 1 amide bonds. The highest BCUT2D eigenvalue weighted by molar-refractivity contribution is 6.30. The first-order valence-corrected chi connectivity index (χ1v) is 9.33. The first-order valence-electron chi connectivity index (χ1n) is 8.95. The maximum absolute atomic E-state index is 12.8. The molecule has 1 saturated heterocycles. The van der Waals surface area contributed by atoms with Crippen LogP contribution in [0.25, 0.3) is 11.4 Å². The molecule has 1 fully saturated rings. The van der Waals surface area contributed by atoms with Crippen LogP contribution in [0.4, 0.5) is 11.5 Å². The van der Waals surface area contributed by atoms with Crippen LogP contribution in [-0.4, -0.2) is 29.0 Å². The van der Waals surface area contributed by atoms with E-state index in [-0.39, 0.29) is 5.91 Å². The summed E-state index contributed by atoms with van der Waals surface area (Å²) in [6.07, 6.45) is 2.27. The minimum atomic E-state index is -0.280. The van der Waals surface area contributed by atoms with Gasteiger partial charge in [0.2, 0.25) is 0 Å². The summed E-state index contributed by atoms with van der Waals surface area (Å²) in [6, 6.07) is 18.5. The molecule has 2 aromatic carbocycles. The van der Waals surface area contributed by atoms with Gasteiger partial charge in [0.15, 0.2) is 5.82 Å². The van der Waals surface area contributed by atoms with Crippen LogP contribution in [0.2, 0.25) is 5.02 Å². The molecule has 0 radical (unpaired) electrons. The number of halogens is 1. The molecule has 6 heteroatoms. The van der Waals surface area contributed by atoms with E-state index in [1.54, 1.807) is 30.3 Å². The molecule has 0 spiro atoms. The van der Waals surface area contributed by atoms with Gasteiger partial charge in [0, 0.05) is 35.4 Å². The van der Waals surface area contributed by atoms with Gasteiger partial charge < -0.3 is 10.2 Å². The van der Waals surface area contributed by atoms with Crippen molar-refractivity contribution >= 4 is 29.0 Å². The van der Waals surface area contributed by atoms with Crippen LogP contribution in [0.1, 0.15) is 23.3 Å². The smallest absolute Gasteiger partial charge is 0.274 e. The van der Waals surface area contributed by atoms with Gasteiger partial charge in [-0.1, -0.05) is 48.0 Å². The molecule has 1 N–H and O–H groups in total. The van der Waals surface area contributed by atoms with Crippen LogP contribution in [-0.2, 0) is 0 Å². The summed E-state index contributed by atoms with van der Waals surface area (Å²) in [7, 11) is 0. The Bertz CT molecular complexity index is 955. The second-order valence-corrected chi connectivity index (χ2v) is 6.90. The molecule has 136 valence electrons. The van der Waals surface area contributed by atoms with Crippen molar-refractivity contribution in [1.29, 1.82) is 0 Å².